The summed E-state index contributed by atoms with van der Waals surface area (Å²) in [5.74, 6) is -0.423. The van der Waals surface area contributed by atoms with E-state index in [2.05, 4.69) is 20.2 Å². The molecule has 2 fully saturated rings. The largest absolute Gasteiger partial charge is 0.472 e. The van der Waals surface area contributed by atoms with Crippen LogP contribution in [0.4, 0.5) is 29.2 Å². The predicted octanol–water partition coefficient (Wildman–Crippen LogP) is 5.59. The van der Waals surface area contributed by atoms with Crippen LogP contribution < -0.4 is 15.0 Å². The van der Waals surface area contributed by atoms with Gasteiger partial charge in [0.25, 0.3) is 5.88 Å². The number of aromatic nitrogens is 4. The van der Waals surface area contributed by atoms with Crippen LogP contribution in [0.2, 0.25) is 0 Å². The molecule has 1 aliphatic heterocycles. The molecule has 8 nitrogen and oxygen atoms in total. The molecule has 5 rings (SSSR count). The van der Waals surface area contributed by atoms with E-state index in [1.807, 2.05) is 23.9 Å². The van der Waals surface area contributed by atoms with Gasteiger partial charge in [-0.25, -0.2) is 14.4 Å². The first-order valence-electron chi connectivity index (χ1n) is 13.1. The molecular weight excluding hydrogens is 504 g/mol. The minimum Gasteiger partial charge on any atom is -0.472 e. The van der Waals surface area contributed by atoms with Gasteiger partial charge in [0.2, 0.25) is 0 Å². The summed E-state index contributed by atoms with van der Waals surface area (Å²) in [7, 11) is 1.73. The molecule has 1 N–H and O–H groups in total. The highest BCUT2D eigenvalue weighted by molar-refractivity contribution is 5.91. The van der Waals surface area contributed by atoms with Crippen molar-refractivity contribution in [2.24, 2.45) is 0 Å². The zero-order valence-corrected chi connectivity index (χ0v) is 21.5. The van der Waals surface area contributed by atoms with Crippen LogP contribution in [-0.4, -0.2) is 58.7 Å². The summed E-state index contributed by atoms with van der Waals surface area (Å²) in [5, 5.41) is 9.28. The lowest BCUT2D eigenvalue weighted by molar-refractivity contribution is -0.140. The van der Waals surface area contributed by atoms with Crippen molar-refractivity contribution >= 4 is 22.5 Å². The third kappa shape index (κ3) is 5.36. The second-order valence-electron chi connectivity index (χ2n) is 9.85. The molecule has 4 heterocycles. The van der Waals surface area contributed by atoms with Crippen molar-refractivity contribution in [1.82, 2.24) is 19.7 Å². The zero-order chi connectivity index (χ0) is 26.9. The lowest BCUT2D eigenvalue weighted by Gasteiger charge is -2.32. The van der Waals surface area contributed by atoms with E-state index >= 15 is 0 Å². The van der Waals surface area contributed by atoms with Gasteiger partial charge in [-0.05, 0) is 51.5 Å². The maximum absolute atomic E-state index is 14.4. The van der Waals surface area contributed by atoms with Crippen LogP contribution in [0.5, 0.6) is 5.88 Å². The molecule has 0 aromatic carbocycles. The number of alkyl halides is 3. The molecule has 0 amide bonds. The molecule has 0 bridgehead atoms. The highest BCUT2D eigenvalue weighted by Crippen LogP contribution is 2.38. The average Bonchev–Trinajstić information content (AvgIpc) is 3.29. The average molecular weight is 537 g/mol. The number of rotatable bonds is 7. The van der Waals surface area contributed by atoms with E-state index in [1.165, 1.54) is 0 Å². The number of halogens is 4. The number of pyridine rings is 2. The van der Waals surface area contributed by atoms with Crippen LogP contribution in [0, 0.1) is 5.82 Å². The fraction of sp³-hybridized carbons (Fsp3) is 0.577. The smallest absolute Gasteiger partial charge is 0.419 e. The van der Waals surface area contributed by atoms with Gasteiger partial charge in [0.1, 0.15) is 11.9 Å². The van der Waals surface area contributed by atoms with Gasteiger partial charge in [-0.3, -0.25) is 4.68 Å². The van der Waals surface area contributed by atoms with Crippen LogP contribution in [0.3, 0.4) is 0 Å². The van der Waals surface area contributed by atoms with Gasteiger partial charge in [-0.15, -0.1) is 0 Å². The Labute approximate surface area is 218 Å². The minimum atomic E-state index is -4.81. The number of fused-ring (bicyclic) bond motifs is 1. The van der Waals surface area contributed by atoms with Gasteiger partial charge in [0.15, 0.2) is 11.6 Å². The molecular formula is C26H32F4N6O2. The number of nitrogens with zero attached hydrogens (tertiary/aromatic N) is 5. The van der Waals surface area contributed by atoms with Crippen molar-refractivity contribution in [1.29, 1.82) is 0 Å². The monoisotopic (exact) mass is 536 g/mol. The Balaban J connectivity index is 1.36. The molecule has 38 heavy (non-hydrogen) atoms. The molecule has 3 aromatic heterocycles. The highest BCUT2D eigenvalue weighted by atomic mass is 19.4. The van der Waals surface area contributed by atoms with Crippen molar-refractivity contribution < 1.29 is 27.0 Å². The second kappa shape index (κ2) is 10.9. The predicted molar refractivity (Wildman–Crippen MR) is 135 cm³/mol. The number of hydrogen-bond acceptors (Lipinski definition) is 7. The first-order chi connectivity index (χ1) is 18.3. The maximum Gasteiger partial charge on any atom is 0.419 e. The SMILES string of the molecule is CCNc1cc2c(cn1)c(N1CCC[C@H](OC)C1)nn2[C@H]1CC[C@@H](Oc2nccc(C(F)(F)F)c2F)CC1. The first-order valence-corrected chi connectivity index (χ1v) is 13.1. The van der Waals surface area contributed by atoms with Gasteiger partial charge >= 0.3 is 6.18 Å². The lowest BCUT2D eigenvalue weighted by Crippen LogP contribution is -2.39. The molecule has 0 unspecified atom stereocenters. The highest BCUT2D eigenvalue weighted by Gasteiger charge is 2.37. The minimum absolute atomic E-state index is 0.0605. The van der Waals surface area contributed by atoms with Crippen molar-refractivity contribution in [2.45, 2.75) is 69.9 Å². The topological polar surface area (TPSA) is 77.3 Å². The number of piperidine rings is 1. The fourth-order valence-electron chi connectivity index (χ4n) is 5.42. The van der Waals surface area contributed by atoms with E-state index < -0.39 is 29.5 Å². The summed E-state index contributed by atoms with van der Waals surface area (Å²) >= 11 is 0. The summed E-state index contributed by atoms with van der Waals surface area (Å²) in [6.07, 6.45) is 2.17. The first kappa shape index (κ1) is 26.5. The van der Waals surface area contributed by atoms with Crippen molar-refractivity contribution in [3.63, 3.8) is 0 Å². The number of ether oxygens (including phenoxy) is 2. The third-order valence-electron chi connectivity index (χ3n) is 7.37. The number of nitrogens with one attached hydrogen (secondary N) is 1. The third-order valence-corrected chi connectivity index (χ3v) is 7.37. The Hall–Kier alpha value is -3.15. The number of hydrogen-bond donors (Lipinski definition) is 1. The van der Waals surface area contributed by atoms with E-state index in [4.69, 9.17) is 14.6 Å². The van der Waals surface area contributed by atoms with E-state index in [9.17, 15) is 17.6 Å². The molecule has 3 aromatic rings. The Morgan fingerprint density at radius 2 is 1.89 bits per heavy atom. The Kier molecular flexibility index (Phi) is 7.60. The molecule has 2 aliphatic rings. The van der Waals surface area contributed by atoms with Gasteiger partial charge in [-0.2, -0.15) is 18.3 Å². The lowest BCUT2D eigenvalue weighted by atomic mass is 9.93. The molecule has 12 heteroatoms. The summed E-state index contributed by atoms with van der Waals surface area (Å²) in [4.78, 5) is 10.5. The maximum atomic E-state index is 14.4. The van der Waals surface area contributed by atoms with E-state index in [-0.39, 0.29) is 12.1 Å². The van der Waals surface area contributed by atoms with Crippen LogP contribution in [0.25, 0.3) is 10.9 Å². The van der Waals surface area contributed by atoms with Crippen LogP contribution in [-0.2, 0) is 10.9 Å². The summed E-state index contributed by atoms with van der Waals surface area (Å²) < 4.78 is 66.9. The van der Waals surface area contributed by atoms with Crippen molar-refractivity contribution in [3.05, 3.63) is 35.9 Å². The van der Waals surface area contributed by atoms with Crippen LogP contribution in [0.1, 0.15) is 57.1 Å². The Bertz CT molecular complexity index is 1260. The summed E-state index contributed by atoms with van der Waals surface area (Å²) in [6.45, 7) is 4.39. The molecule has 206 valence electrons. The van der Waals surface area contributed by atoms with Crippen LogP contribution >= 0.6 is 0 Å². The zero-order valence-electron chi connectivity index (χ0n) is 21.5. The number of methoxy groups -OCH3 is 1. The molecule has 1 atom stereocenters. The van der Waals surface area contributed by atoms with Gasteiger partial charge < -0.3 is 19.7 Å². The number of anilines is 2. The van der Waals surface area contributed by atoms with Gasteiger partial charge in [0.05, 0.1) is 28.6 Å². The normalized spacial score (nSPS) is 22.6. The van der Waals surface area contributed by atoms with Crippen molar-refractivity contribution in [3.8, 4) is 5.88 Å². The van der Waals surface area contributed by atoms with E-state index in [1.54, 1.807) is 7.11 Å². The van der Waals surface area contributed by atoms with Gasteiger partial charge in [0, 0.05) is 45.2 Å². The Morgan fingerprint density at radius 3 is 2.61 bits per heavy atom. The summed E-state index contributed by atoms with van der Waals surface area (Å²) in [5.41, 5.74) is -0.397. The van der Waals surface area contributed by atoms with E-state index in [0.29, 0.717) is 31.7 Å². The standard InChI is InChI=1S/C26H32F4N6O2/c1-3-31-22-13-21-19(14-33-22)24(35-12-4-5-18(15-35)37-2)34-36(21)16-6-8-17(9-7-16)38-25-23(27)20(10-11-32-25)26(28,29)30/h10-11,13-14,16-18H,3-9,12,15H2,1-2H3,(H,31,33)/t16-,17+,18-/m0/s1. The molecule has 0 radical (unpaired) electrons. The molecule has 1 saturated heterocycles. The Morgan fingerprint density at radius 1 is 1.11 bits per heavy atom. The quantitative estimate of drug-likeness (QED) is 0.394. The van der Waals surface area contributed by atoms with Gasteiger partial charge in [-0.1, -0.05) is 0 Å². The van der Waals surface area contributed by atoms with Crippen LogP contribution in [0.15, 0.2) is 24.5 Å². The molecule has 1 aliphatic carbocycles. The molecule has 1 saturated carbocycles. The van der Waals surface area contributed by atoms with Crippen molar-refractivity contribution in [2.75, 3.05) is 37.0 Å². The fourth-order valence-corrected chi connectivity index (χ4v) is 5.42. The second-order valence-corrected chi connectivity index (χ2v) is 9.85. The van der Waals surface area contributed by atoms with E-state index in [0.717, 1.165) is 61.2 Å². The molecule has 0 spiro atoms. The summed E-state index contributed by atoms with van der Waals surface area (Å²) in [6, 6.07) is 2.69.